The van der Waals surface area contributed by atoms with Gasteiger partial charge in [0.25, 0.3) is 0 Å². The molecule has 0 N–H and O–H groups in total. The number of rotatable bonds is 1. The first-order valence-corrected chi connectivity index (χ1v) is 5.15. The number of hydrogen-bond donors (Lipinski definition) is 0. The summed E-state index contributed by atoms with van der Waals surface area (Å²) in [7, 11) is 0. The molecule has 0 aromatic carbocycles. The topological polar surface area (TPSA) is 0 Å². The van der Waals surface area contributed by atoms with E-state index in [1.165, 1.54) is 0 Å². The second kappa shape index (κ2) is 2.94. The van der Waals surface area contributed by atoms with Gasteiger partial charge in [0.1, 0.15) is 0 Å². The van der Waals surface area contributed by atoms with E-state index in [1.54, 1.807) is 0 Å². The van der Waals surface area contributed by atoms with Gasteiger partial charge in [0.2, 0.25) is 0 Å². The Kier molecular flexibility index (Phi) is 3.37. The molecule has 0 atom stereocenters. The fourth-order valence-corrected chi connectivity index (χ4v) is 0. The Morgan fingerprint density at radius 3 is 1.60 bits per heavy atom. The summed E-state index contributed by atoms with van der Waals surface area (Å²) in [6, 6.07) is 0. The normalized spacial score (nSPS) is 9.60. The van der Waals surface area contributed by atoms with Gasteiger partial charge >= 0.3 is 0 Å². The summed E-state index contributed by atoms with van der Waals surface area (Å²) in [6.45, 7) is 4.54. The van der Waals surface area contributed by atoms with Gasteiger partial charge in [-0.05, 0) is 8.86 Å². The van der Waals surface area contributed by atoms with Crippen LogP contribution in [0.4, 0.5) is 0 Å². The maximum Gasteiger partial charge on any atom is -0.00340 e. The first kappa shape index (κ1) is 5.73. The fourth-order valence-electron chi connectivity index (χ4n) is 0. The van der Waals surface area contributed by atoms with E-state index >= 15 is 0 Å². The summed E-state index contributed by atoms with van der Waals surface area (Å²) in [6.07, 6.45) is 0. The van der Waals surface area contributed by atoms with Gasteiger partial charge in [-0.1, -0.05) is 13.8 Å². The van der Waals surface area contributed by atoms with Crippen LogP contribution in [0.1, 0.15) is 13.8 Å². The highest BCUT2D eigenvalue weighted by atomic mass is 127. The van der Waals surface area contributed by atoms with E-state index in [0.717, 1.165) is 3.92 Å². The van der Waals surface area contributed by atoms with Gasteiger partial charge in [0.15, 0.2) is 0 Å². The summed E-state index contributed by atoms with van der Waals surface area (Å²) in [5.41, 5.74) is 0. The zero-order valence-electron chi connectivity index (χ0n) is 3.96. The predicted octanol–water partition coefficient (Wildman–Crippen LogP) is 2.00. The minimum atomic E-state index is 0.548. The average Bonchev–Trinajstić information content (AvgIpc) is 1.38. The van der Waals surface area contributed by atoms with Crippen LogP contribution < -0.4 is 0 Å². The summed E-state index contributed by atoms with van der Waals surface area (Å²) in [4.78, 5) is 2.31. The van der Waals surface area contributed by atoms with Crippen molar-refractivity contribution in [1.29, 1.82) is 0 Å². The van der Waals surface area contributed by atoms with Crippen molar-refractivity contribution in [3.63, 3.8) is 0 Å². The Morgan fingerprint density at radius 1 is 1.40 bits per heavy atom. The lowest BCUT2D eigenvalue weighted by Crippen LogP contribution is -1.76. The third-order valence-electron chi connectivity index (χ3n) is 0.436. The molecule has 1 radical (unpaired) electrons. The van der Waals surface area contributed by atoms with Crippen LogP contribution in [0.3, 0.4) is 0 Å². The second-order valence-electron chi connectivity index (χ2n) is 1.23. The van der Waals surface area contributed by atoms with Crippen LogP contribution in [-0.2, 0) is 0 Å². The van der Waals surface area contributed by atoms with Crippen LogP contribution in [0.5, 0.6) is 0 Å². The zero-order chi connectivity index (χ0) is 4.28. The molecule has 0 aromatic rings. The number of halogens is 1. The molecule has 0 saturated heterocycles. The van der Waals surface area contributed by atoms with Crippen LogP contribution in [0, 0.1) is 0 Å². The monoisotopic (exact) mass is 185 g/mol. The van der Waals surface area contributed by atoms with E-state index in [2.05, 4.69) is 18.8 Å². The molecule has 0 rings (SSSR count). The van der Waals surface area contributed by atoms with Crippen LogP contribution in [0.25, 0.3) is 0 Å². The Balaban J connectivity index is 2.54. The number of alkyl halides is 2. The van der Waals surface area contributed by atoms with E-state index in [0.29, 0.717) is 21.2 Å². The number of hydrogen-bond acceptors (Lipinski definition) is 0. The van der Waals surface area contributed by atoms with Crippen molar-refractivity contribution in [2.75, 3.05) is 4.93 Å². The lowest BCUT2D eigenvalue weighted by molar-refractivity contribution is 1.16. The molecule has 0 aliphatic carbocycles. The van der Waals surface area contributed by atoms with Gasteiger partial charge in [-0.15, -0.1) is 0 Å². The van der Waals surface area contributed by atoms with Crippen LogP contribution in [0.15, 0.2) is 0 Å². The third kappa shape index (κ3) is 4.73. The molecule has 0 nitrogen and oxygen atoms in total. The largest absolute Gasteiger partial charge is 0.152 e. The van der Waals surface area contributed by atoms with Gasteiger partial charge < -0.3 is 0 Å². The van der Waals surface area contributed by atoms with Crippen LogP contribution >= 0.6 is 21.2 Å². The summed E-state index contributed by atoms with van der Waals surface area (Å²) < 4.78 is 0.994. The maximum absolute atomic E-state index is 2.31. The molecule has 0 aromatic heterocycles. The highest BCUT2D eigenvalue weighted by molar-refractivity contribution is 14.2. The molecule has 0 fully saturated rings. The molecule has 0 unspecified atom stereocenters. The lowest BCUT2D eigenvalue weighted by atomic mass is 10.6. The summed E-state index contributed by atoms with van der Waals surface area (Å²) >= 11 is 0.548. The molecular formula is C4H10I. The fraction of sp³-hybridized carbons (Fsp3) is 1.00. The molecule has 0 amide bonds. The standard InChI is InChI=1S/C4H10I/c1-4(2)5-3/h4H,1-3H3. The van der Waals surface area contributed by atoms with Crippen molar-refractivity contribution in [3.05, 3.63) is 0 Å². The Labute approximate surface area is 44.2 Å². The summed E-state index contributed by atoms with van der Waals surface area (Å²) in [5, 5.41) is 0. The van der Waals surface area contributed by atoms with E-state index in [1.807, 2.05) is 0 Å². The Bertz CT molecular complexity index is 17.6. The highest BCUT2D eigenvalue weighted by Gasteiger charge is 1.80. The Hall–Kier alpha value is 0.730. The van der Waals surface area contributed by atoms with Gasteiger partial charge in [-0.2, -0.15) is 21.2 Å². The van der Waals surface area contributed by atoms with Gasteiger partial charge in [-0.3, -0.25) is 0 Å². The Morgan fingerprint density at radius 2 is 1.60 bits per heavy atom. The predicted molar refractivity (Wildman–Crippen MR) is 35.1 cm³/mol. The van der Waals surface area contributed by atoms with E-state index in [4.69, 9.17) is 0 Å². The molecule has 0 saturated carbocycles. The van der Waals surface area contributed by atoms with Gasteiger partial charge in [-0.25, -0.2) is 0 Å². The molecule has 0 aliphatic rings. The molecule has 0 bridgehead atoms. The van der Waals surface area contributed by atoms with Crippen molar-refractivity contribution in [3.8, 4) is 0 Å². The average molecular weight is 185 g/mol. The third-order valence-corrected chi connectivity index (χ3v) is 2.93. The second-order valence-corrected chi connectivity index (χ2v) is 4.97. The highest BCUT2D eigenvalue weighted by Crippen LogP contribution is 2.10. The minimum absolute atomic E-state index is 0.548. The molecule has 0 heterocycles. The quantitative estimate of drug-likeness (QED) is 0.432. The van der Waals surface area contributed by atoms with Gasteiger partial charge in [0, 0.05) is 0 Å². The molecule has 0 aliphatic heterocycles. The maximum atomic E-state index is 2.31. The molecule has 1 heteroatoms. The molecular weight excluding hydrogens is 175 g/mol. The first-order valence-electron chi connectivity index (χ1n) is 1.75. The van der Waals surface area contributed by atoms with E-state index in [9.17, 15) is 0 Å². The molecule has 0 spiro atoms. The smallest absolute Gasteiger partial charge is 0.00340 e. The van der Waals surface area contributed by atoms with E-state index < -0.39 is 0 Å². The van der Waals surface area contributed by atoms with Crippen molar-refractivity contribution >= 4 is 21.2 Å². The summed E-state index contributed by atoms with van der Waals surface area (Å²) in [5.74, 6) is 0. The van der Waals surface area contributed by atoms with Crippen molar-refractivity contribution in [1.82, 2.24) is 0 Å². The lowest BCUT2D eigenvalue weighted by Gasteiger charge is -1.90. The van der Waals surface area contributed by atoms with Crippen molar-refractivity contribution in [2.45, 2.75) is 17.8 Å². The molecule has 33 valence electrons. The SMILES string of the molecule is C[I]C(C)C. The van der Waals surface area contributed by atoms with Gasteiger partial charge in [0.05, 0.1) is 0 Å². The minimum Gasteiger partial charge on any atom is -0.152 e. The van der Waals surface area contributed by atoms with Crippen LogP contribution in [0.2, 0.25) is 0 Å². The van der Waals surface area contributed by atoms with Crippen molar-refractivity contribution in [2.24, 2.45) is 0 Å². The first-order chi connectivity index (χ1) is 2.27. The van der Waals surface area contributed by atoms with E-state index in [-0.39, 0.29) is 0 Å². The molecule has 5 heavy (non-hydrogen) atoms. The van der Waals surface area contributed by atoms with Crippen molar-refractivity contribution < 1.29 is 0 Å². The zero-order valence-corrected chi connectivity index (χ0v) is 6.11. The van der Waals surface area contributed by atoms with Crippen LogP contribution in [-0.4, -0.2) is 8.86 Å².